The van der Waals surface area contributed by atoms with Gasteiger partial charge in [0.05, 0.1) is 22.7 Å². The van der Waals surface area contributed by atoms with Gasteiger partial charge in [0, 0.05) is 13.7 Å². The van der Waals surface area contributed by atoms with E-state index in [0.29, 0.717) is 19.8 Å². The van der Waals surface area contributed by atoms with Crippen LogP contribution in [0.4, 0.5) is 0 Å². The Hall–Kier alpha value is -0.130. The summed E-state index contributed by atoms with van der Waals surface area (Å²) < 4.78 is 34.9. The second-order valence-electron chi connectivity index (χ2n) is 5.71. The SMILES string of the molecule is CCCCOCC1(S(=O)(=O)C2(COC)CC2)CC1. The Labute approximate surface area is 110 Å². The van der Waals surface area contributed by atoms with Crippen LogP contribution >= 0.6 is 0 Å². The first kappa shape index (κ1) is 14.3. The van der Waals surface area contributed by atoms with Crippen molar-refractivity contribution in [2.45, 2.75) is 54.9 Å². The van der Waals surface area contributed by atoms with E-state index in [2.05, 4.69) is 6.92 Å². The molecule has 2 fully saturated rings. The van der Waals surface area contributed by atoms with E-state index in [9.17, 15) is 8.42 Å². The summed E-state index contributed by atoms with van der Waals surface area (Å²) in [7, 11) is -1.54. The molecule has 0 radical (unpaired) electrons. The fourth-order valence-electron chi connectivity index (χ4n) is 2.49. The molecule has 2 rings (SSSR count). The maximum absolute atomic E-state index is 12.7. The molecule has 0 aromatic heterocycles. The van der Waals surface area contributed by atoms with Crippen LogP contribution in [-0.4, -0.2) is 44.8 Å². The Bertz CT molecular complexity index is 380. The second-order valence-corrected chi connectivity index (χ2v) is 8.45. The van der Waals surface area contributed by atoms with Crippen molar-refractivity contribution in [1.29, 1.82) is 0 Å². The second kappa shape index (κ2) is 5.10. The number of sulfone groups is 1. The van der Waals surface area contributed by atoms with Gasteiger partial charge in [-0.2, -0.15) is 0 Å². The van der Waals surface area contributed by atoms with E-state index in [-0.39, 0.29) is 0 Å². The molecule has 0 unspecified atom stereocenters. The first-order chi connectivity index (χ1) is 8.54. The van der Waals surface area contributed by atoms with Gasteiger partial charge >= 0.3 is 0 Å². The third-order valence-electron chi connectivity index (χ3n) is 4.17. The number of methoxy groups -OCH3 is 1. The van der Waals surface area contributed by atoms with Gasteiger partial charge in [-0.05, 0) is 32.1 Å². The minimum atomic E-state index is -3.12. The summed E-state index contributed by atoms with van der Waals surface area (Å²) in [6.45, 7) is 3.49. The van der Waals surface area contributed by atoms with Crippen LogP contribution in [0.25, 0.3) is 0 Å². The zero-order chi connectivity index (χ0) is 13.3. The summed E-state index contributed by atoms with van der Waals surface area (Å²) >= 11 is 0. The summed E-state index contributed by atoms with van der Waals surface area (Å²) in [5.74, 6) is 0. The highest BCUT2D eigenvalue weighted by Crippen LogP contribution is 2.56. The van der Waals surface area contributed by atoms with Crippen molar-refractivity contribution < 1.29 is 17.9 Å². The number of hydrogen-bond donors (Lipinski definition) is 0. The zero-order valence-electron chi connectivity index (χ0n) is 11.4. The predicted molar refractivity (Wildman–Crippen MR) is 70.5 cm³/mol. The van der Waals surface area contributed by atoms with Gasteiger partial charge in [0.15, 0.2) is 9.84 Å². The molecule has 5 heteroatoms. The van der Waals surface area contributed by atoms with Gasteiger partial charge in [0.1, 0.15) is 0 Å². The van der Waals surface area contributed by atoms with E-state index in [1.807, 2.05) is 0 Å². The Balaban J connectivity index is 1.97. The molecule has 0 bridgehead atoms. The molecule has 0 N–H and O–H groups in total. The van der Waals surface area contributed by atoms with Crippen molar-refractivity contribution in [3.63, 3.8) is 0 Å². The van der Waals surface area contributed by atoms with E-state index >= 15 is 0 Å². The molecule has 2 aliphatic carbocycles. The number of hydrogen-bond acceptors (Lipinski definition) is 4. The summed E-state index contributed by atoms with van der Waals surface area (Å²) in [5, 5.41) is 0. The Kier molecular flexibility index (Phi) is 4.04. The van der Waals surface area contributed by atoms with E-state index in [0.717, 1.165) is 38.5 Å². The Morgan fingerprint density at radius 1 is 1.06 bits per heavy atom. The highest BCUT2D eigenvalue weighted by atomic mass is 32.2. The lowest BCUT2D eigenvalue weighted by molar-refractivity contribution is 0.125. The van der Waals surface area contributed by atoms with Crippen LogP contribution in [0, 0.1) is 0 Å². The average molecular weight is 276 g/mol. The minimum Gasteiger partial charge on any atom is -0.383 e. The molecule has 0 aromatic rings. The summed E-state index contributed by atoms with van der Waals surface area (Å²) in [5.41, 5.74) is 0. The number of rotatable bonds is 9. The molecule has 2 aliphatic rings. The van der Waals surface area contributed by atoms with Crippen LogP contribution in [-0.2, 0) is 19.3 Å². The predicted octanol–water partition coefficient (Wildman–Crippen LogP) is 1.93. The molecular weight excluding hydrogens is 252 g/mol. The molecule has 18 heavy (non-hydrogen) atoms. The lowest BCUT2D eigenvalue weighted by Gasteiger charge is -2.23. The van der Waals surface area contributed by atoms with E-state index < -0.39 is 19.3 Å². The van der Waals surface area contributed by atoms with E-state index in [1.54, 1.807) is 7.11 Å². The molecular formula is C13H24O4S. The molecule has 2 saturated carbocycles. The quantitative estimate of drug-likeness (QED) is 0.604. The van der Waals surface area contributed by atoms with Crippen LogP contribution in [0.5, 0.6) is 0 Å². The van der Waals surface area contributed by atoms with Gasteiger partial charge in [-0.3, -0.25) is 0 Å². The Morgan fingerprint density at radius 2 is 1.61 bits per heavy atom. The normalized spacial score (nSPS) is 23.9. The summed E-state index contributed by atoms with van der Waals surface area (Å²) in [4.78, 5) is 0. The molecule has 0 saturated heterocycles. The topological polar surface area (TPSA) is 52.6 Å². The van der Waals surface area contributed by atoms with Gasteiger partial charge in [-0.15, -0.1) is 0 Å². The zero-order valence-corrected chi connectivity index (χ0v) is 12.2. The summed E-state index contributed by atoms with van der Waals surface area (Å²) in [6, 6.07) is 0. The molecule has 0 amide bonds. The van der Waals surface area contributed by atoms with Crippen LogP contribution in [0.15, 0.2) is 0 Å². The van der Waals surface area contributed by atoms with Crippen molar-refractivity contribution in [2.24, 2.45) is 0 Å². The highest BCUT2D eigenvalue weighted by molar-refractivity contribution is 7.94. The first-order valence-corrected chi connectivity index (χ1v) is 8.33. The molecule has 0 heterocycles. The number of ether oxygens (including phenoxy) is 2. The lowest BCUT2D eigenvalue weighted by atomic mass is 10.3. The van der Waals surface area contributed by atoms with Gasteiger partial charge in [0.25, 0.3) is 0 Å². The number of unbranched alkanes of at least 4 members (excludes halogenated alkanes) is 1. The first-order valence-electron chi connectivity index (χ1n) is 6.84. The smallest absolute Gasteiger partial charge is 0.166 e. The standard InChI is InChI=1S/C13H24O4S/c1-3-4-9-17-11-13(7-8-13)18(14,15)12(5-6-12)10-16-2/h3-11H2,1-2H3. The molecule has 0 aromatic carbocycles. The van der Waals surface area contributed by atoms with Crippen molar-refractivity contribution >= 4 is 9.84 Å². The van der Waals surface area contributed by atoms with Crippen molar-refractivity contribution in [3.05, 3.63) is 0 Å². The van der Waals surface area contributed by atoms with E-state index in [1.165, 1.54) is 0 Å². The third-order valence-corrected chi connectivity index (χ3v) is 7.50. The largest absolute Gasteiger partial charge is 0.383 e. The van der Waals surface area contributed by atoms with Crippen LogP contribution in [0.2, 0.25) is 0 Å². The van der Waals surface area contributed by atoms with Gasteiger partial charge < -0.3 is 9.47 Å². The maximum atomic E-state index is 12.7. The van der Waals surface area contributed by atoms with Crippen LogP contribution in [0.1, 0.15) is 45.4 Å². The molecule has 0 atom stereocenters. The molecule has 0 spiro atoms. The minimum absolute atomic E-state index is 0.339. The fourth-order valence-corrected chi connectivity index (χ4v) is 5.20. The average Bonchev–Trinajstić information content (AvgIpc) is 3.19. The fraction of sp³-hybridized carbons (Fsp3) is 1.00. The lowest BCUT2D eigenvalue weighted by Crippen LogP contribution is -2.41. The van der Waals surface area contributed by atoms with Gasteiger partial charge in [-0.1, -0.05) is 13.3 Å². The third kappa shape index (κ3) is 2.32. The van der Waals surface area contributed by atoms with Gasteiger partial charge in [0.2, 0.25) is 0 Å². The molecule has 0 aliphatic heterocycles. The molecule has 106 valence electrons. The van der Waals surface area contributed by atoms with Crippen LogP contribution in [0.3, 0.4) is 0 Å². The Morgan fingerprint density at radius 3 is 2.06 bits per heavy atom. The summed E-state index contributed by atoms with van der Waals surface area (Å²) in [6.07, 6.45) is 5.09. The van der Waals surface area contributed by atoms with Gasteiger partial charge in [-0.25, -0.2) is 8.42 Å². The monoisotopic (exact) mass is 276 g/mol. The maximum Gasteiger partial charge on any atom is 0.166 e. The van der Waals surface area contributed by atoms with Crippen molar-refractivity contribution in [2.75, 3.05) is 26.9 Å². The van der Waals surface area contributed by atoms with Crippen molar-refractivity contribution in [1.82, 2.24) is 0 Å². The van der Waals surface area contributed by atoms with Crippen molar-refractivity contribution in [3.8, 4) is 0 Å². The molecule has 4 nitrogen and oxygen atoms in total. The van der Waals surface area contributed by atoms with Crippen LogP contribution < -0.4 is 0 Å². The highest BCUT2D eigenvalue weighted by Gasteiger charge is 2.67. The van der Waals surface area contributed by atoms with E-state index in [4.69, 9.17) is 9.47 Å².